The average molecular weight is 346 g/mol. The Balaban J connectivity index is 2.47. The molecule has 0 aromatic heterocycles. The predicted molar refractivity (Wildman–Crippen MR) is 79.6 cm³/mol. The van der Waals surface area contributed by atoms with Crippen LogP contribution in [-0.2, 0) is 19.2 Å². The first kappa shape index (κ1) is 19.8. The lowest BCUT2D eigenvalue weighted by molar-refractivity contribution is -0.149. The minimum atomic E-state index is -1.17. The van der Waals surface area contributed by atoms with Gasteiger partial charge in [-0.25, -0.2) is 0 Å². The summed E-state index contributed by atoms with van der Waals surface area (Å²) < 4.78 is 0. The van der Waals surface area contributed by atoms with Gasteiger partial charge in [0.1, 0.15) is 0 Å². The lowest BCUT2D eigenvalue weighted by Gasteiger charge is -2.36. The van der Waals surface area contributed by atoms with Crippen LogP contribution in [0.4, 0.5) is 0 Å². The van der Waals surface area contributed by atoms with Gasteiger partial charge in [-0.05, 0) is 0 Å². The molecule has 0 aromatic rings. The molecular weight excluding hydrogens is 324 g/mol. The van der Waals surface area contributed by atoms with Crippen molar-refractivity contribution in [2.24, 2.45) is 11.8 Å². The normalized spacial score (nSPS) is 18.7. The summed E-state index contributed by atoms with van der Waals surface area (Å²) >= 11 is 0. The molecule has 10 nitrogen and oxygen atoms in total. The minimum Gasteiger partial charge on any atom is -0.481 e. The van der Waals surface area contributed by atoms with E-state index in [0.29, 0.717) is 26.2 Å². The zero-order valence-electron chi connectivity index (χ0n) is 13.1. The van der Waals surface area contributed by atoms with E-state index < -0.39 is 48.6 Å². The van der Waals surface area contributed by atoms with E-state index in [1.165, 1.54) is 0 Å². The highest BCUT2D eigenvalue weighted by Gasteiger charge is 2.29. The molecule has 0 amide bonds. The van der Waals surface area contributed by atoms with E-state index in [-0.39, 0.29) is 13.1 Å². The molecule has 0 spiro atoms. The van der Waals surface area contributed by atoms with Gasteiger partial charge in [0.05, 0.1) is 24.7 Å². The molecule has 0 saturated carbocycles. The molecule has 0 bridgehead atoms. The molecule has 136 valence electrons. The van der Waals surface area contributed by atoms with E-state index in [2.05, 4.69) is 0 Å². The number of hydrogen-bond acceptors (Lipinski definition) is 6. The molecule has 1 heterocycles. The second-order valence-electron chi connectivity index (χ2n) is 5.87. The van der Waals surface area contributed by atoms with Crippen molar-refractivity contribution >= 4 is 23.9 Å². The molecule has 1 fully saturated rings. The van der Waals surface area contributed by atoms with Crippen LogP contribution in [0.3, 0.4) is 0 Å². The summed E-state index contributed by atoms with van der Waals surface area (Å²) in [6.07, 6.45) is -0.898. The highest BCUT2D eigenvalue weighted by atomic mass is 16.4. The number of hydrogen-bond donors (Lipinski definition) is 4. The van der Waals surface area contributed by atoms with Crippen LogP contribution >= 0.6 is 0 Å². The standard InChI is InChI=1S/C14H22N2O8/c17-11(18)5-9(13(21)22)7-15-1-2-16(4-3-15)8-10(14(23)24)6-12(19)20/h9-10H,1-8H2,(H,17,18)(H,19,20)(H,21,22)(H,23,24). The molecule has 0 radical (unpaired) electrons. The van der Waals surface area contributed by atoms with Gasteiger partial charge in [0.15, 0.2) is 0 Å². The van der Waals surface area contributed by atoms with Crippen molar-refractivity contribution in [2.45, 2.75) is 12.8 Å². The number of carboxylic acid groups (broad SMARTS) is 4. The summed E-state index contributed by atoms with van der Waals surface area (Å²) in [7, 11) is 0. The maximum Gasteiger partial charge on any atom is 0.308 e. The molecule has 1 rings (SSSR count). The Morgan fingerprint density at radius 1 is 0.667 bits per heavy atom. The van der Waals surface area contributed by atoms with Gasteiger partial charge >= 0.3 is 23.9 Å². The van der Waals surface area contributed by atoms with Crippen molar-refractivity contribution in [1.82, 2.24) is 9.80 Å². The van der Waals surface area contributed by atoms with Gasteiger partial charge in [-0.2, -0.15) is 0 Å². The second kappa shape index (κ2) is 9.18. The molecule has 1 saturated heterocycles. The molecule has 1 aliphatic rings. The largest absolute Gasteiger partial charge is 0.481 e. The third-order valence-corrected chi connectivity index (χ3v) is 3.96. The van der Waals surface area contributed by atoms with Crippen molar-refractivity contribution < 1.29 is 39.6 Å². The summed E-state index contributed by atoms with van der Waals surface area (Å²) in [6.45, 7) is 2.14. The number of nitrogens with zero attached hydrogens (tertiary/aromatic N) is 2. The maximum absolute atomic E-state index is 11.1. The molecule has 0 aliphatic carbocycles. The Labute approximate surface area is 138 Å². The van der Waals surface area contributed by atoms with Crippen molar-refractivity contribution in [3.8, 4) is 0 Å². The van der Waals surface area contributed by atoms with Gasteiger partial charge < -0.3 is 20.4 Å². The van der Waals surface area contributed by atoms with Crippen LogP contribution in [0.1, 0.15) is 12.8 Å². The SMILES string of the molecule is O=C(O)CC(CN1CCN(CC(CC(=O)O)C(=O)O)CC1)C(=O)O. The minimum absolute atomic E-state index is 0.118. The third-order valence-electron chi connectivity index (χ3n) is 3.96. The van der Waals surface area contributed by atoms with E-state index in [9.17, 15) is 19.2 Å². The summed E-state index contributed by atoms with van der Waals surface area (Å²) in [5.41, 5.74) is 0. The Hall–Kier alpha value is -2.20. The van der Waals surface area contributed by atoms with Crippen LogP contribution < -0.4 is 0 Å². The van der Waals surface area contributed by atoms with Crippen LogP contribution in [0.5, 0.6) is 0 Å². The molecular formula is C14H22N2O8. The van der Waals surface area contributed by atoms with Gasteiger partial charge in [-0.15, -0.1) is 0 Å². The van der Waals surface area contributed by atoms with Gasteiger partial charge in [0, 0.05) is 39.3 Å². The highest BCUT2D eigenvalue weighted by molar-refractivity contribution is 5.78. The first-order chi connectivity index (χ1) is 11.2. The molecule has 1 aliphatic heterocycles. The Kier molecular flexibility index (Phi) is 7.59. The molecule has 4 N–H and O–H groups in total. The van der Waals surface area contributed by atoms with Crippen molar-refractivity contribution in [2.75, 3.05) is 39.3 Å². The Morgan fingerprint density at radius 3 is 1.17 bits per heavy atom. The average Bonchev–Trinajstić information content (AvgIpc) is 2.46. The van der Waals surface area contributed by atoms with E-state index in [0.717, 1.165) is 0 Å². The highest BCUT2D eigenvalue weighted by Crippen LogP contribution is 2.13. The molecule has 24 heavy (non-hydrogen) atoms. The van der Waals surface area contributed by atoms with Crippen LogP contribution in [0.2, 0.25) is 0 Å². The summed E-state index contributed by atoms with van der Waals surface area (Å²) in [5.74, 6) is -6.64. The Bertz CT molecular complexity index is 443. The van der Waals surface area contributed by atoms with Gasteiger partial charge in [0.2, 0.25) is 0 Å². The predicted octanol–water partition coefficient (Wildman–Crippen LogP) is -1.04. The Morgan fingerprint density at radius 2 is 0.958 bits per heavy atom. The number of aliphatic carboxylic acids is 4. The van der Waals surface area contributed by atoms with E-state index in [1.54, 1.807) is 0 Å². The first-order valence-electron chi connectivity index (χ1n) is 7.53. The van der Waals surface area contributed by atoms with E-state index in [4.69, 9.17) is 20.4 Å². The summed E-state index contributed by atoms with van der Waals surface area (Å²) in [6, 6.07) is 0. The lowest BCUT2D eigenvalue weighted by atomic mass is 10.0. The zero-order chi connectivity index (χ0) is 18.3. The van der Waals surface area contributed by atoms with E-state index in [1.807, 2.05) is 9.80 Å². The van der Waals surface area contributed by atoms with Gasteiger partial charge in [0.25, 0.3) is 0 Å². The van der Waals surface area contributed by atoms with Crippen LogP contribution in [0, 0.1) is 11.8 Å². The lowest BCUT2D eigenvalue weighted by Crippen LogP contribution is -2.50. The number of piperazine rings is 1. The van der Waals surface area contributed by atoms with Crippen LogP contribution in [0.25, 0.3) is 0 Å². The molecule has 2 atom stereocenters. The fourth-order valence-electron chi connectivity index (χ4n) is 2.66. The second-order valence-corrected chi connectivity index (χ2v) is 5.87. The number of carbonyl (C=O) groups is 4. The topological polar surface area (TPSA) is 156 Å². The van der Waals surface area contributed by atoms with E-state index >= 15 is 0 Å². The van der Waals surface area contributed by atoms with Crippen molar-refractivity contribution in [1.29, 1.82) is 0 Å². The van der Waals surface area contributed by atoms with Crippen LogP contribution in [-0.4, -0.2) is 93.4 Å². The maximum atomic E-state index is 11.1. The summed E-state index contributed by atoms with van der Waals surface area (Å²) in [4.78, 5) is 47.2. The molecule has 2 unspecified atom stereocenters. The first-order valence-corrected chi connectivity index (χ1v) is 7.53. The monoisotopic (exact) mass is 346 g/mol. The quantitative estimate of drug-likeness (QED) is 0.385. The van der Waals surface area contributed by atoms with Crippen molar-refractivity contribution in [3.63, 3.8) is 0 Å². The van der Waals surface area contributed by atoms with Crippen LogP contribution in [0.15, 0.2) is 0 Å². The fourth-order valence-corrected chi connectivity index (χ4v) is 2.66. The fraction of sp³-hybridized carbons (Fsp3) is 0.714. The van der Waals surface area contributed by atoms with Crippen molar-refractivity contribution in [3.05, 3.63) is 0 Å². The van der Waals surface area contributed by atoms with Gasteiger partial charge in [-0.3, -0.25) is 29.0 Å². The molecule has 10 heteroatoms. The summed E-state index contributed by atoms with van der Waals surface area (Å²) in [5, 5.41) is 35.6. The zero-order valence-corrected chi connectivity index (χ0v) is 13.1. The smallest absolute Gasteiger partial charge is 0.308 e. The van der Waals surface area contributed by atoms with Gasteiger partial charge in [-0.1, -0.05) is 0 Å². The third kappa shape index (κ3) is 6.92. The molecule has 0 aromatic carbocycles. The number of rotatable bonds is 10. The number of carboxylic acids is 4.